The smallest absolute Gasteiger partial charge is 0.118 e. The molecule has 2 aromatic carbocycles. The largest absolute Gasteiger partial charge is 0.497 e. The summed E-state index contributed by atoms with van der Waals surface area (Å²) in [6, 6.07) is 15.5. The van der Waals surface area contributed by atoms with E-state index in [2.05, 4.69) is 25.3 Å². The fourth-order valence-corrected chi connectivity index (χ4v) is 2.33. The zero-order chi connectivity index (χ0) is 14.5. The maximum atomic E-state index is 5.15. The highest BCUT2D eigenvalue weighted by molar-refractivity contribution is 7.96. The number of ether oxygens (including phenoxy) is 2. The summed E-state index contributed by atoms with van der Waals surface area (Å²) in [4.78, 5) is 1.64. The first-order valence-electron chi connectivity index (χ1n) is 6.06. The number of hydrogen-bond donors (Lipinski definition) is 2. The first-order valence-corrected chi connectivity index (χ1v) is 6.96. The minimum Gasteiger partial charge on any atom is -0.497 e. The van der Waals surface area contributed by atoms with Gasteiger partial charge in [-0.25, -0.2) is 0 Å². The topological polar surface area (TPSA) is 18.5 Å². The maximum Gasteiger partial charge on any atom is 0.118 e. The maximum absolute atomic E-state index is 5.15. The van der Waals surface area contributed by atoms with Gasteiger partial charge in [0.2, 0.25) is 0 Å². The van der Waals surface area contributed by atoms with Crippen LogP contribution in [-0.4, -0.2) is 14.2 Å². The second kappa shape index (κ2) is 6.77. The summed E-state index contributed by atoms with van der Waals surface area (Å²) < 4.78 is 10.3. The van der Waals surface area contributed by atoms with E-state index in [0.29, 0.717) is 0 Å². The van der Waals surface area contributed by atoms with Crippen molar-refractivity contribution in [3.63, 3.8) is 0 Å². The van der Waals surface area contributed by atoms with Gasteiger partial charge in [-0.2, -0.15) is 0 Å². The summed E-state index contributed by atoms with van der Waals surface area (Å²) in [6.45, 7) is 0. The Hall–Kier alpha value is -1.52. The van der Waals surface area contributed by atoms with Gasteiger partial charge in [-0.05, 0) is 35.4 Å². The van der Waals surface area contributed by atoms with Crippen molar-refractivity contribution in [2.24, 2.45) is 0 Å². The SMILES string of the molecule is COc1ccc(C(S)=C(S)c2ccc(OC)cc2)cc1. The predicted molar refractivity (Wildman–Crippen MR) is 90.8 cm³/mol. The molecule has 20 heavy (non-hydrogen) atoms. The summed E-state index contributed by atoms with van der Waals surface area (Å²) in [5.41, 5.74) is 1.99. The normalized spacial score (nSPS) is 11.8. The standard InChI is InChI=1S/C16H16O2S2/c1-17-13-7-3-11(4-8-13)15(19)16(20)12-5-9-14(18-2)10-6-12/h3-10,19-20H,1-2H3. The minimum atomic E-state index is 0.819. The van der Waals surface area contributed by atoms with Crippen LogP contribution < -0.4 is 9.47 Å². The molecule has 0 atom stereocenters. The van der Waals surface area contributed by atoms with Gasteiger partial charge in [-0.1, -0.05) is 24.3 Å². The molecule has 0 aliphatic rings. The monoisotopic (exact) mass is 304 g/mol. The summed E-state index contributed by atoms with van der Waals surface area (Å²) >= 11 is 9.14. The molecule has 0 radical (unpaired) electrons. The molecule has 0 aromatic heterocycles. The van der Waals surface area contributed by atoms with Gasteiger partial charge in [-0.15, -0.1) is 25.3 Å². The van der Waals surface area contributed by atoms with Crippen molar-refractivity contribution in [1.29, 1.82) is 0 Å². The zero-order valence-corrected chi connectivity index (χ0v) is 13.1. The Labute approximate surface area is 130 Å². The van der Waals surface area contributed by atoms with Crippen LogP contribution in [0.1, 0.15) is 11.1 Å². The predicted octanol–water partition coefficient (Wildman–Crippen LogP) is 4.39. The van der Waals surface area contributed by atoms with Crippen molar-refractivity contribution >= 4 is 35.1 Å². The van der Waals surface area contributed by atoms with Gasteiger partial charge in [0.25, 0.3) is 0 Å². The third-order valence-corrected chi connectivity index (χ3v) is 4.09. The van der Waals surface area contributed by atoms with Crippen LogP contribution in [0.3, 0.4) is 0 Å². The van der Waals surface area contributed by atoms with Crippen molar-refractivity contribution in [3.8, 4) is 11.5 Å². The van der Waals surface area contributed by atoms with Gasteiger partial charge in [-0.3, -0.25) is 0 Å². The Balaban J connectivity index is 2.32. The number of hydrogen-bond acceptors (Lipinski definition) is 4. The molecule has 4 heteroatoms. The van der Waals surface area contributed by atoms with E-state index in [9.17, 15) is 0 Å². The van der Waals surface area contributed by atoms with Gasteiger partial charge in [0, 0.05) is 9.81 Å². The van der Waals surface area contributed by atoms with Crippen LogP contribution in [0.4, 0.5) is 0 Å². The lowest BCUT2D eigenvalue weighted by Gasteiger charge is -2.08. The van der Waals surface area contributed by atoms with Crippen LogP contribution in [-0.2, 0) is 0 Å². The van der Waals surface area contributed by atoms with Crippen molar-refractivity contribution < 1.29 is 9.47 Å². The minimum absolute atomic E-state index is 0.819. The molecule has 0 spiro atoms. The molecule has 0 saturated carbocycles. The van der Waals surface area contributed by atoms with Gasteiger partial charge < -0.3 is 9.47 Å². The van der Waals surface area contributed by atoms with Gasteiger partial charge in [0.05, 0.1) is 14.2 Å². The highest BCUT2D eigenvalue weighted by Gasteiger charge is 2.06. The molecular formula is C16H16O2S2. The van der Waals surface area contributed by atoms with Gasteiger partial charge in [0.1, 0.15) is 11.5 Å². The summed E-state index contributed by atoms with van der Waals surface area (Å²) in [6.07, 6.45) is 0. The lowest BCUT2D eigenvalue weighted by atomic mass is 10.1. The number of methoxy groups -OCH3 is 2. The first-order chi connectivity index (χ1) is 9.65. The van der Waals surface area contributed by atoms with E-state index in [1.807, 2.05) is 48.5 Å². The van der Waals surface area contributed by atoms with E-state index in [1.165, 1.54) is 0 Å². The summed E-state index contributed by atoms with van der Waals surface area (Å²) in [7, 11) is 3.29. The van der Waals surface area contributed by atoms with E-state index >= 15 is 0 Å². The van der Waals surface area contributed by atoms with Gasteiger partial charge >= 0.3 is 0 Å². The Bertz CT molecular complexity index is 546. The van der Waals surface area contributed by atoms with Gasteiger partial charge in [0.15, 0.2) is 0 Å². The molecule has 0 bridgehead atoms. The quantitative estimate of drug-likeness (QED) is 0.645. The third-order valence-electron chi connectivity index (χ3n) is 2.95. The molecule has 0 heterocycles. The molecule has 0 amide bonds. The second-order valence-electron chi connectivity index (χ2n) is 4.15. The van der Waals surface area contributed by atoms with Crippen LogP contribution in [0.25, 0.3) is 9.81 Å². The van der Waals surface area contributed by atoms with E-state index in [-0.39, 0.29) is 0 Å². The summed E-state index contributed by atoms with van der Waals surface area (Å²) in [5, 5.41) is 0. The molecular weight excluding hydrogens is 288 g/mol. The second-order valence-corrected chi connectivity index (χ2v) is 5.05. The van der Waals surface area contributed by atoms with Crippen molar-refractivity contribution in [2.75, 3.05) is 14.2 Å². The third kappa shape index (κ3) is 3.32. The van der Waals surface area contributed by atoms with Crippen LogP contribution in [0, 0.1) is 0 Å². The van der Waals surface area contributed by atoms with E-state index in [4.69, 9.17) is 9.47 Å². The van der Waals surface area contributed by atoms with E-state index in [0.717, 1.165) is 32.4 Å². The molecule has 0 aliphatic heterocycles. The lowest BCUT2D eigenvalue weighted by molar-refractivity contribution is 0.414. The Morgan fingerprint density at radius 1 is 0.650 bits per heavy atom. The number of rotatable bonds is 4. The molecule has 2 rings (SSSR count). The molecule has 0 saturated heterocycles. The lowest BCUT2D eigenvalue weighted by Crippen LogP contribution is -1.86. The molecule has 2 aromatic rings. The van der Waals surface area contributed by atoms with Crippen LogP contribution in [0.15, 0.2) is 48.5 Å². The van der Waals surface area contributed by atoms with E-state index in [1.54, 1.807) is 14.2 Å². The van der Waals surface area contributed by atoms with Crippen molar-refractivity contribution in [2.45, 2.75) is 0 Å². The highest BCUT2D eigenvalue weighted by Crippen LogP contribution is 2.33. The molecule has 104 valence electrons. The fourth-order valence-electron chi connectivity index (χ4n) is 1.77. The molecule has 0 aliphatic carbocycles. The number of thiol groups is 2. The molecule has 0 unspecified atom stereocenters. The Kier molecular flexibility index (Phi) is 5.04. The van der Waals surface area contributed by atoms with Crippen LogP contribution in [0.2, 0.25) is 0 Å². The van der Waals surface area contributed by atoms with Crippen molar-refractivity contribution in [1.82, 2.24) is 0 Å². The van der Waals surface area contributed by atoms with Crippen LogP contribution in [0.5, 0.6) is 11.5 Å². The Morgan fingerprint density at radius 2 is 0.950 bits per heavy atom. The molecule has 2 nitrogen and oxygen atoms in total. The highest BCUT2D eigenvalue weighted by atomic mass is 32.1. The average Bonchev–Trinajstić information content (AvgIpc) is 2.53. The zero-order valence-electron chi connectivity index (χ0n) is 11.3. The Morgan fingerprint density at radius 3 is 1.20 bits per heavy atom. The van der Waals surface area contributed by atoms with Crippen molar-refractivity contribution in [3.05, 3.63) is 59.7 Å². The first kappa shape index (κ1) is 14.9. The number of benzene rings is 2. The molecule has 0 fully saturated rings. The van der Waals surface area contributed by atoms with E-state index < -0.39 is 0 Å². The average molecular weight is 304 g/mol. The summed E-state index contributed by atoms with van der Waals surface area (Å²) in [5.74, 6) is 1.64. The molecule has 0 N–H and O–H groups in total. The van der Waals surface area contributed by atoms with Crippen LogP contribution >= 0.6 is 25.3 Å². The fraction of sp³-hybridized carbons (Fsp3) is 0.125.